The molecule has 2 aliphatic rings. The molecule has 24 heavy (non-hydrogen) atoms. The van der Waals surface area contributed by atoms with Crippen molar-refractivity contribution in [2.24, 2.45) is 0 Å². The normalized spacial score (nSPS) is 27.1. The number of carboxylic acid groups (broad SMARTS) is 1. The second kappa shape index (κ2) is 6.59. The van der Waals surface area contributed by atoms with Crippen LogP contribution in [-0.4, -0.2) is 72.5 Å². The highest BCUT2D eigenvalue weighted by molar-refractivity contribution is 7.91. The number of halogens is 2. The van der Waals surface area contributed by atoms with Gasteiger partial charge in [0.05, 0.1) is 18.1 Å². The van der Waals surface area contributed by atoms with Crippen molar-refractivity contribution < 1.29 is 22.7 Å². The van der Waals surface area contributed by atoms with E-state index in [1.54, 1.807) is 4.90 Å². The third-order valence-electron chi connectivity index (χ3n) is 4.63. The van der Waals surface area contributed by atoms with Crippen molar-refractivity contribution in [2.75, 3.05) is 31.1 Å². The highest BCUT2D eigenvalue weighted by atomic mass is 35.5. The molecule has 0 aromatic heterocycles. The van der Waals surface area contributed by atoms with E-state index in [0.717, 1.165) is 0 Å². The largest absolute Gasteiger partial charge is 0.480 e. The van der Waals surface area contributed by atoms with E-state index in [9.17, 15) is 17.6 Å². The number of fused-ring (bicyclic) bond motifs is 1. The monoisotopic (exact) mass is 376 g/mol. The molecule has 9 heteroatoms. The second-order valence-corrected chi connectivity index (χ2v) is 8.84. The van der Waals surface area contributed by atoms with Crippen LogP contribution in [0.4, 0.5) is 4.39 Å². The second-order valence-electron chi connectivity index (χ2n) is 6.28. The van der Waals surface area contributed by atoms with Gasteiger partial charge in [0.1, 0.15) is 5.82 Å². The molecule has 2 heterocycles. The molecule has 2 aliphatic heterocycles. The molecule has 3 rings (SSSR count). The molecule has 0 spiro atoms. The predicted octanol–water partition coefficient (Wildman–Crippen LogP) is 0.847. The molecule has 0 aliphatic carbocycles. The number of carboxylic acids is 1. The maximum Gasteiger partial charge on any atom is 0.317 e. The molecule has 2 atom stereocenters. The molecule has 1 aromatic rings. The Bertz CT molecular complexity index is 758. The predicted molar refractivity (Wildman–Crippen MR) is 87.3 cm³/mol. The maximum atomic E-state index is 13.5. The van der Waals surface area contributed by atoms with Gasteiger partial charge in [-0.3, -0.25) is 14.6 Å². The van der Waals surface area contributed by atoms with Gasteiger partial charge in [0, 0.05) is 36.7 Å². The maximum absolute atomic E-state index is 13.5. The number of hydrogen-bond acceptors (Lipinski definition) is 5. The van der Waals surface area contributed by atoms with Crippen LogP contribution in [0.25, 0.3) is 0 Å². The number of rotatable bonds is 4. The van der Waals surface area contributed by atoms with Crippen molar-refractivity contribution in [3.63, 3.8) is 0 Å². The number of aliphatic carboxylic acids is 1. The summed E-state index contributed by atoms with van der Waals surface area (Å²) in [5.41, 5.74) is 0.603. The minimum atomic E-state index is -3.22. The fourth-order valence-electron chi connectivity index (χ4n) is 3.55. The minimum absolute atomic E-state index is 0.0132. The summed E-state index contributed by atoms with van der Waals surface area (Å²) in [5.74, 6) is -1.42. The Hall–Kier alpha value is -1.22. The molecule has 2 saturated heterocycles. The Kier molecular flexibility index (Phi) is 4.83. The first-order valence-electron chi connectivity index (χ1n) is 7.59. The molecule has 132 valence electrons. The lowest BCUT2D eigenvalue weighted by molar-refractivity contribution is -0.139. The van der Waals surface area contributed by atoms with Crippen LogP contribution in [0.2, 0.25) is 5.02 Å². The van der Waals surface area contributed by atoms with E-state index < -0.39 is 21.6 Å². The summed E-state index contributed by atoms with van der Waals surface area (Å²) in [7, 11) is -3.22. The van der Waals surface area contributed by atoms with Gasteiger partial charge in [0.25, 0.3) is 0 Å². The van der Waals surface area contributed by atoms with Crippen molar-refractivity contribution in [1.29, 1.82) is 0 Å². The van der Waals surface area contributed by atoms with E-state index in [4.69, 9.17) is 16.7 Å². The van der Waals surface area contributed by atoms with E-state index in [1.165, 1.54) is 18.2 Å². The van der Waals surface area contributed by atoms with E-state index in [-0.39, 0.29) is 30.1 Å². The molecule has 0 amide bonds. The van der Waals surface area contributed by atoms with Crippen LogP contribution in [0.3, 0.4) is 0 Å². The number of sulfone groups is 1. The van der Waals surface area contributed by atoms with Crippen LogP contribution in [0.1, 0.15) is 5.56 Å². The van der Waals surface area contributed by atoms with Gasteiger partial charge in [-0.25, -0.2) is 12.8 Å². The summed E-state index contributed by atoms with van der Waals surface area (Å²) in [4.78, 5) is 14.7. The lowest BCUT2D eigenvalue weighted by Gasteiger charge is -2.43. The van der Waals surface area contributed by atoms with Gasteiger partial charge in [-0.15, -0.1) is 0 Å². The van der Waals surface area contributed by atoms with Gasteiger partial charge in [-0.1, -0.05) is 11.6 Å². The Morgan fingerprint density at radius 1 is 1.25 bits per heavy atom. The molecular weight excluding hydrogens is 359 g/mol. The number of carbonyl (C=O) groups is 1. The molecule has 0 bridgehead atoms. The zero-order valence-corrected chi connectivity index (χ0v) is 14.4. The van der Waals surface area contributed by atoms with Crippen LogP contribution in [0.5, 0.6) is 0 Å². The topological polar surface area (TPSA) is 77.9 Å². The molecule has 0 radical (unpaired) electrons. The summed E-state index contributed by atoms with van der Waals surface area (Å²) in [6.07, 6.45) is 0. The van der Waals surface area contributed by atoms with E-state index in [2.05, 4.69) is 0 Å². The van der Waals surface area contributed by atoms with Gasteiger partial charge < -0.3 is 5.11 Å². The Balaban J connectivity index is 1.83. The fraction of sp³-hybridized carbons (Fsp3) is 0.533. The quantitative estimate of drug-likeness (QED) is 0.839. The molecule has 1 aromatic carbocycles. The van der Waals surface area contributed by atoms with Crippen LogP contribution in [0, 0.1) is 5.82 Å². The molecule has 2 fully saturated rings. The van der Waals surface area contributed by atoms with Gasteiger partial charge in [-0.05, 0) is 23.8 Å². The van der Waals surface area contributed by atoms with Crippen molar-refractivity contribution in [3.8, 4) is 0 Å². The smallest absolute Gasteiger partial charge is 0.317 e. The summed E-state index contributed by atoms with van der Waals surface area (Å²) in [5, 5.41) is 9.45. The van der Waals surface area contributed by atoms with Gasteiger partial charge in [0.2, 0.25) is 0 Å². The SMILES string of the molecule is O=C(O)CN1CCN(Cc2cc(F)ccc2Cl)[C@H]2CS(=O)(=O)C[C@H]21. The van der Waals surface area contributed by atoms with E-state index >= 15 is 0 Å². The van der Waals surface area contributed by atoms with Crippen molar-refractivity contribution in [1.82, 2.24) is 9.80 Å². The Morgan fingerprint density at radius 3 is 2.54 bits per heavy atom. The summed E-state index contributed by atoms with van der Waals surface area (Å²) in [6.45, 7) is 1.13. The first kappa shape index (κ1) is 17.6. The number of piperazine rings is 1. The van der Waals surface area contributed by atoms with Crippen molar-refractivity contribution in [3.05, 3.63) is 34.6 Å². The molecule has 0 saturated carbocycles. The number of nitrogens with zero attached hydrogens (tertiary/aromatic N) is 2. The minimum Gasteiger partial charge on any atom is -0.480 e. The standard InChI is InChI=1S/C15H18ClFN2O4S/c16-12-2-1-11(17)5-10(12)6-18-3-4-19(7-15(20)21)14-9-24(22,23)8-13(14)18/h1-2,5,13-14H,3-4,6-9H2,(H,20,21)/t13-,14+/m0/s1. The molecule has 1 N–H and O–H groups in total. The molecule has 6 nitrogen and oxygen atoms in total. The zero-order valence-electron chi connectivity index (χ0n) is 12.9. The van der Waals surface area contributed by atoms with Crippen LogP contribution < -0.4 is 0 Å². The Morgan fingerprint density at radius 2 is 1.88 bits per heavy atom. The summed E-state index contributed by atoms with van der Waals surface area (Å²) in [6, 6.07) is 3.45. The molecular formula is C15H18ClFN2O4S. The van der Waals surface area contributed by atoms with E-state index in [1.807, 2.05) is 4.90 Å². The van der Waals surface area contributed by atoms with E-state index in [0.29, 0.717) is 30.2 Å². The number of benzene rings is 1. The highest BCUT2D eigenvalue weighted by Crippen LogP contribution is 2.29. The average Bonchev–Trinajstić information content (AvgIpc) is 2.81. The zero-order chi connectivity index (χ0) is 17.5. The first-order valence-corrected chi connectivity index (χ1v) is 9.79. The Labute approximate surface area is 144 Å². The third kappa shape index (κ3) is 3.72. The fourth-order valence-corrected chi connectivity index (χ4v) is 5.77. The molecule has 0 unspecified atom stereocenters. The van der Waals surface area contributed by atoms with Gasteiger partial charge in [-0.2, -0.15) is 0 Å². The van der Waals surface area contributed by atoms with Crippen molar-refractivity contribution >= 4 is 27.4 Å². The van der Waals surface area contributed by atoms with Gasteiger partial charge in [0.15, 0.2) is 9.84 Å². The lowest BCUT2D eigenvalue weighted by Crippen LogP contribution is -2.59. The lowest BCUT2D eigenvalue weighted by atomic mass is 10.0. The summed E-state index contributed by atoms with van der Waals surface area (Å²) < 4.78 is 37.6. The van der Waals surface area contributed by atoms with Crippen LogP contribution in [-0.2, 0) is 21.2 Å². The third-order valence-corrected chi connectivity index (χ3v) is 6.69. The van der Waals surface area contributed by atoms with Crippen molar-refractivity contribution in [2.45, 2.75) is 18.6 Å². The number of hydrogen-bond donors (Lipinski definition) is 1. The highest BCUT2D eigenvalue weighted by Gasteiger charge is 2.46. The average molecular weight is 377 g/mol. The van der Waals surface area contributed by atoms with Crippen LogP contribution in [0.15, 0.2) is 18.2 Å². The first-order chi connectivity index (χ1) is 11.2. The summed E-state index contributed by atoms with van der Waals surface area (Å²) >= 11 is 6.11. The van der Waals surface area contributed by atoms with Gasteiger partial charge >= 0.3 is 5.97 Å². The van der Waals surface area contributed by atoms with Crippen LogP contribution >= 0.6 is 11.6 Å².